The third-order valence-electron chi connectivity index (χ3n) is 3.64. The number of sulfonamides is 1. The van der Waals surface area contributed by atoms with Crippen LogP contribution in [0.2, 0.25) is 0 Å². The molecule has 1 amide bonds. The Morgan fingerprint density at radius 2 is 2.05 bits per heavy atom. The number of hydrogen-bond donors (Lipinski definition) is 2. The number of nitrogen functional groups attached to an aromatic ring is 1. The first-order chi connectivity index (χ1) is 9.75. The lowest BCUT2D eigenvalue weighted by molar-refractivity contribution is -0.125. The summed E-state index contributed by atoms with van der Waals surface area (Å²) in [7, 11) is -3.86. The van der Waals surface area contributed by atoms with Crippen LogP contribution in [0.4, 0.5) is 5.69 Å². The highest BCUT2D eigenvalue weighted by Gasteiger charge is 2.38. The molecule has 7 nitrogen and oxygen atoms in total. The maximum atomic E-state index is 12.8. The van der Waals surface area contributed by atoms with E-state index in [9.17, 15) is 13.2 Å². The van der Waals surface area contributed by atoms with Crippen LogP contribution in [0, 0.1) is 13.8 Å². The Morgan fingerprint density at radius 3 is 2.67 bits per heavy atom. The molecule has 116 valence electrons. The standard InChI is InChI=1S/C13H19N3O4S/c1-8-5-10(14)6-12(9(8)2)21(18,19)16-3-4-20-7-11(16)13(15)17/h5-6,11H,3-4,7,14H2,1-2H3,(H2,15,17). The first kappa shape index (κ1) is 15.7. The fourth-order valence-electron chi connectivity index (χ4n) is 2.35. The molecule has 1 unspecified atom stereocenters. The maximum Gasteiger partial charge on any atom is 0.244 e. The van der Waals surface area contributed by atoms with Crippen molar-refractivity contribution >= 4 is 21.6 Å². The Morgan fingerprint density at radius 1 is 1.38 bits per heavy atom. The summed E-state index contributed by atoms with van der Waals surface area (Å²) in [6.07, 6.45) is 0. The van der Waals surface area contributed by atoms with Gasteiger partial charge in [-0.05, 0) is 37.1 Å². The quantitative estimate of drug-likeness (QED) is 0.747. The van der Waals surface area contributed by atoms with Crippen LogP contribution in [0.5, 0.6) is 0 Å². The van der Waals surface area contributed by atoms with Gasteiger partial charge in [-0.1, -0.05) is 0 Å². The Balaban J connectivity index is 2.53. The number of carbonyl (C=O) groups is 1. The van der Waals surface area contributed by atoms with Crippen molar-refractivity contribution in [3.8, 4) is 0 Å². The molecule has 0 spiro atoms. The summed E-state index contributed by atoms with van der Waals surface area (Å²) in [6, 6.07) is 2.12. The van der Waals surface area contributed by atoms with E-state index in [4.69, 9.17) is 16.2 Å². The SMILES string of the molecule is Cc1cc(N)cc(S(=O)(=O)N2CCOCC2C(N)=O)c1C. The Kier molecular flexibility index (Phi) is 4.22. The molecule has 2 rings (SSSR count). The number of rotatable bonds is 3. The van der Waals surface area contributed by atoms with Crippen LogP contribution < -0.4 is 11.5 Å². The molecule has 8 heteroatoms. The smallest absolute Gasteiger partial charge is 0.244 e. The number of carbonyl (C=O) groups excluding carboxylic acids is 1. The van der Waals surface area contributed by atoms with E-state index in [2.05, 4.69) is 0 Å². The summed E-state index contributed by atoms with van der Waals surface area (Å²) in [6.45, 7) is 3.78. The van der Waals surface area contributed by atoms with Gasteiger partial charge in [0.1, 0.15) is 6.04 Å². The number of morpholine rings is 1. The van der Waals surface area contributed by atoms with Crippen LogP contribution in [0.25, 0.3) is 0 Å². The highest BCUT2D eigenvalue weighted by Crippen LogP contribution is 2.27. The zero-order valence-corrected chi connectivity index (χ0v) is 12.8. The Bertz CT molecular complexity index is 672. The van der Waals surface area contributed by atoms with Crippen molar-refractivity contribution in [2.75, 3.05) is 25.5 Å². The van der Waals surface area contributed by atoms with Crippen LogP contribution in [0.3, 0.4) is 0 Å². The lowest BCUT2D eigenvalue weighted by Gasteiger charge is -2.33. The van der Waals surface area contributed by atoms with Gasteiger partial charge in [-0.15, -0.1) is 0 Å². The van der Waals surface area contributed by atoms with Crippen molar-refractivity contribution < 1.29 is 17.9 Å². The fraction of sp³-hybridized carbons (Fsp3) is 0.462. The van der Waals surface area contributed by atoms with Gasteiger partial charge in [0.15, 0.2) is 0 Å². The summed E-state index contributed by atoms with van der Waals surface area (Å²) in [5.74, 6) is -0.725. The van der Waals surface area contributed by atoms with Crippen molar-refractivity contribution in [2.24, 2.45) is 5.73 Å². The van der Waals surface area contributed by atoms with Crippen LogP contribution in [0.1, 0.15) is 11.1 Å². The minimum Gasteiger partial charge on any atom is -0.399 e. The molecule has 21 heavy (non-hydrogen) atoms. The second-order valence-electron chi connectivity index (χ2n) is 5.07. The zero-order chi connectivity index (χ0) is 15.8. The first-order valence-electron chi connectivity index (χ1n) is 6.50. The van der Waals surface area contributed by atoms with E-state index in [-0.39, 0.29) is 24.7 Å². The summed E-state index contributed by atoms with van der Waals surface area (Å²) in [5, 5.41) is 0. The first-order valence-corrected chi connectivity index (χ1v) is 7.94. The molecule has 0 saturated carbocycles. The largest absolute Gasteiger partial charge is 0.399 e. The number of nitrogens with zero attached hydrogens (tertiary/aromatic N) is 1. The molecule has 1 aliphatic heterocycles. The topological polar surface area (TPSA) is 116 Å². The van der Waals surface area contributed by atoms with Gasteiger partial charge >= 0.3 is 0 Å². The Labute approximate surface area is 123 Å². The van der Waals surface area contributed by atoms with Gasteiger partial charge in [0.25, 0.3) is 0 Å². The van der Waals surface area contributed by atoms with Crippen molar-refractivity contribution in [1.29, 1.82) is 0 Å². The van der Waals surface area contributed by atoms with Crippen LogP contribution in [0.15, 0.2) is 17.0 Å². The number of aryl methyl sites for hydroxylation is 1. The molecule has 1 saturated heterocycles. The number of ether oxygens (including phenoxy) is 1. The van der Waals surface area contributed by atoms with Gasteiger partial charge < -0.3 is 16.2 Å². The van der Waals surface area contributed by atoms with Crippen molar-refractivity contribution in [1.82, 2.24) is 4.31 Å². The van der Waals surface area contributed by atoms with Crippen molar-refractivity contribution in [2.45, 2.75) is 24.8 Å². The predicted molar refractivity (Wildman–Crippen MR) is 78.0 cm³/mol. The molecule has 1 atom stereocenters. The molecule has 0 bridgehead atoms. The predicted octanol–water partition coefficient (Wildman–Crippen LogP) is -0.240. The summed E-state index contributed by atoms with van der Waals surface area (Å²) in [5.41, 5.74) is 12.8. The normalized spacial score (nSPS) is 20.4. The van der Waals surface area contributed by atoms with Gasteiger partial charge in [-0.2, -0.15) is 4.31 Å². The van der Waals surface area contributed by atoms with Crippen LogP contribution in [-0.4, -0.2) is 44.4 Å². The monoisotopic (exact) mass is 313 g/mol. The van der Waals surface area contributed by atoms with E-state index in [1.807, 2.05) is 0 Å². The number of anilines is 1. The molecule has 1 heterocycles. The molecule has 1 aliphatic rings. The number of benzene rings is 1. The Hall–Kier alpha value is -1.64. The second-order valence-corrected chi connectivity index (χ2v) is 6.93. The van der Waals surface area contributed by atoms with Gasteiger partial charge in [0.05, 0.1) is 18.1 Å². The molecule has 4 N–H and O–H groups in total. The van der Waals surface area contributed by atoms with Gasteiger partial charge in [0, 0.05) is 12.2 Å². The molecule has 1 fully saturated rings. The average Bonchev–Trinajstić information content (AvgIpc) is 2.42. The number of nitrogens with two attached hydrogens (primary N) is 2. The van der Waals surface area contributed by atoms with Gasteiger partial charge in [0.2, 0.25) is 15.9 Å². The molecular weight excluding hydrogens is 294 g/mol. The molecule has 0 aromatic heterocycles. The van der Waals surface area contributed by atoms with E-state index in [1.54, 1.807) is 19.9 Å². The molecule has 0 aliphatic carbocycles. The minimum atomic E-state index is -3.86. The lowest BCUT2D eigenvalue weighted by atomic mass is 10.1. The van der Waals surface area contributed by atoms with Crippen LogP contribution in [-0.2, 0) is 19.6 Å². The van der Waals surface area contributed by atoms with E-state index >= 15 is 0 Å². The number of primary amides is 1. The highest BCUT2D eigenvalue weighted by atomic mass is 32.2. The molecule has 1 aromatic rings. The summed E-state index contributed by atoms with van der Waals surface area (Å²) < 4.78 is 31.9. The van der Waals surface area contributed by atoms with Gasteiger partial charge in [-0.3, -0.25) is 4.79 Å². The molecular formula is C13H19N3O4S. The zero-order valence-electron chi connectivity index (χ0n) is 12.0. The third-order valence-corrected chi connectivity index (χ3v) is 5.67. The maximum absolute atomic E-state index is 12.8. The van der Waals surface area contributed by atoms with E-state index < -0.39 is 22.0 Å². The lowest BCUT2D eigenvalue weighted by Crippen LogP contribution is -2.54. The van der Waals surface area contributed by atoms with E-state index in [0.29, 0.717) is 11.3 Å². The van der Waals surface area contributed by atoms with Crippen LogP contribution >= 0.6 is 0 Å². The van der Waals surface area contributed by atoms with Crippen molar-refractivity contribution in [3.05, 3.63) is 23.3 Å². The highest BCUT2D eigenvalue weighted by molar-refractivity contribution is 7.89. The minimum absolute atomic E-state index is 0.0328. The third kappa shape index (κ3) is 2.87. The summed E-state index contributed by atoms with van der Waals surface area (Å²) >= 11 is 0. The summed E-state index contributed by atoms with van der Waals surface area (Å²) in [4.78, 5) is 11.6. The fourth-order valence-corrected chi connectivity index (χ4v) is 4.25. The number of amides is 1. The number of hydrogen-bond acceptors (Lipinski definition) is 5. The van der Waals surface area contributed by atoms with Gasteiger partial charge in [-0.25, -0.2) is 8.42 Å². The van der Waals surface area contributed by atoms with E-state index in [0.717, 1.165) is 9.87 Å². The molecule has 0 radical (unpaired) electrons. The average molecular weight is 313 g/mol. The van der Waals surface area contributed by atoms with E-state index in [1.165, 1.54) is 6.07 Å². The molecule has 1 aromatic carbocycles. The van der Waals surface area contributed by atoms with Crippen molar-refractivity contribution in [3.63, 3.8) is 0 Å². The second kappa shape index (κ2) is 5.63.